The molecule has 1 aromatic rings. The highest BCUT2D eigenvalue weighted by molar-refractivity contribution is 14.0. The van der Waals surface area contributed by atoms with Gasteiger partial charge in [0.25, 0.3) is 0 Å². The third kappa shape index (κ3) is 5.85. The van der Waals surface area contributed by atoms with Crippen LogP contribution in [0.15, 0.2) is 41.4 Å². The first kappa shape index (κ1) is 19.5. The summed E-state index contributed by atoms with van der Waals surface area (Å²) in [6, 6.07) is 7.97. The molecular weight excluding hydrogens is 403 g/mol. The standard InChI is InChI=1S/C17H24N4O.HI/c1-3-4-7-10-19-17(18-2)20-12-13-11-16(22)21-15-9-6-5-8-14(13)15;/h3-6,8-9,13H,7,10-12H2,1-2H3,(H,21,22)(H2,18,19,20);1H/b4-3+;. The zero-order valence-corrected chi connectivity index (χ0v) is 16.0. The molecular formula is C17H25IN4O. The first-order valence-electron chi connectivity index (χ1n) is 7.69. The summed E-state index contributed by atoms with van der Waals surface area (Å²) < 4.78 is 0. The molecule has 0 aliphatic carbocycles. The number of nitrogens with zero attached hydrogens (tertiary/aromatic N) is 1. The molecule has 0 spiro atoms. The van der Waals surface area contributed by atoms with E-state index in [-0.39, 0.29) is 35.8 Å². The smallest absolute Gasteiger partial charge is 0.225 e. The molecule has 1 unspecified atom stereocenters. The fourth-order valence-electron chi connectivity index (χ4n) is 2.57. The lowest BCUT2D eigenvalue weighted by Gasteiger charge is -2.26. The number of rotatable bonds is 5. The van der Waals surface area contributed by atoms with Gasteiger partial charge in [-0.2, -0.15) is 0 Å². The molecule has 6 heteroatoms. The van der Waals surface area contributed by atoms with Crippen LogP contribution in [0.1, 0.15) is 31.2 Å². The third-order valence-corrected chi connectivity index (χ3v) is 3.69. The SMILES string of the molecule is C/C=C/CCNC(=NC)NCC1CC(=O)Nc2ccccc21.I. The number of hydrogen-bond acceptors (Lipinski definition) is 2. The molecule has 1 atom stereocenters. The molecule has 1 amide bonds. The van der Waals surface area contributed by atoms with E-state index in [1.54, 1.807) is 7.05 Å². The van der Waals surface area contributed by atoms with E-state index in [4.69, 9.17) is 0 Å². The predicted octanol–water partition coefficient (Wildman–Crippen LogP) is 2.86. The van der Waals surface area contributed by atoms with Gasteiger partial charge in [0, 0.05) is 38.2 Å². The minimum atomic E-state index is 0. The minimum absolute atomic E-state index is 0. The highest BCUT2D eigenvalue weighted by Gasteiger charge is 2.24. The Bertz CT molecular complexity index is 571. The Balaban J connectivity index is 0.00000264. The monoisotopic (exact) mass is 428 g/mol. The molecule has 126 valence electrons. The number of para-hydroxylation sites is 1. The van der Waals surface area contributed by atoms with Crippen molar-refractivity contribution in [3.05, 3.63) is 42.0 Å². The van der Waals surface area contributed by atoms with Crippen LogP contribution in [-0.4, -0.2) is 32.0 Å². The summed E-state index contributed by atoms with van der Waals surface area (Å²) in [7, 11) is 1.76. The van der Waals surface area contributed by atoms with Crippen molar-refractivity contribution in [1.29, 1.82) is 0 Å². The maximum absolute atomic E-state index is 11.8. The van der Waals surface area contributed by atoms with Crippen molar-refractivity contribution in [2.45, 2.75) is 25.7 Å². The fraction of sp³-hybridized carbons (Fsp3) is 0.412. The molecule has 23 heavy (non-hydrogen) atoms. The van der Waals surface area contributed by atoms with E-state index in [1.807, 2.05) is 31.2 Å². The number of amides is 1. The summed E-state index contributed by atoms with van der Waals surface area (Å²) in [5.74, 6) is 1.01. The topological polar surface area (TPSA) is 65.5 Å². The Morgan fingerprint density at radius 3 is 2.91 bits per heavy atom. The minimum Gasteiger partial charge on any atom is -0.356 e. The summed E-state index contributed by atoms with van der Waals surface area (Å²) in [6.07, 6.45) is 5.61. The molecule has 0 aromatic heterocycles. The van der Waals surface area contributed by atoms with E-state index in [0.717, 1.165) is 24.6 Å². The Labute approximate surface area is 155 Å². The maximum Gasteiger partial charge on any atom is 0.225 e. The molecule has 5 nitrogen and oxygen atoms in total. The zero-order chi connectivity index (χ0) is 15.8. The highest BCUT2D eigenvalue weighted by Crippen LogP contribution is 2.31. The number of hydrogen-bond donors (Lipinski definition) is 3. The molecule has 3 N–H and O–H groups in total. The van der Waals surface area contributed by atoms with Crippen LogP contribution in [-0.2, 0) is 4.79 Å². The second-order valence-electron chi connectivity index (χ2n) is 5.27. The number of carbonyl (C=O) groups is 1. The second kappa shape index (κ2) is 10.3. The summed E-state index contributed by atoms with van der Waals surface area (Å²) in [5.41, 5.74) is 2.10. The van der Waals surface area contributed by atoms with Crippen molar-refractivity contribution < 1.29 is 4.79 Å². The molecule has 1 heterocycles. The first-order valence-corrected chi connectivity index (χ1v) is 7.69. The normalized spacial score (nSPS) is 17.2. The number of guanidine groups is 1. The lowest BCUT2D eigenvalue weighted by Crippen LogP contribution is -2.41. The summed E-state index contributed by atoms with van der Waals surface area (Å²) >= 11 is 0. The first-order chi connectivity index (χ1) is 10.7. The van der Waals surface area contributed by atoms with Crippen LogP contribution in [0.5, 0.6) is 0 Å². The number of carbonyl (C=O) groups excluding carboxylic acids is 1. The Hall–Kier alpha value is -1.57. The van der Waals surface area contributed by atoms with Gasteiger partial charge in [0.2, 0.25) is 5.91 Å². The van der Waals surface area contributed by atoms with Gasteiger partial charge in [-0.25, -0.2) is 0 Å². The van der Waals surface area contributed by atoms with Crippen LogP contribution >= 0.6 is 24.0 Å². The third-order valence-electron chi connectivity index (χ3n) is 3.69. The van der Waals surface area contributed by atoms with Crippen LogP contribution < -0.4 is 16.0 Å². The van der Waals surface area contributed by atoms with Crippen LogP contribution in [0.4, 0.5) is 5.69 Å². The number of anilines is 1. The Morgan fingerprint density at radius 2 is 2.17 bits per heavy atom. The molecule has 1 aliphatic rings. The van der Waals surface area contributed by atoms with Gasteiger partial charge in [-0.1, -0.05) is 30.4 Å². The van der Waals surface area contributed by atoms with Gasteiger partial charge in [0.05, 0.1) is 0 Å². The predicted molar refractivity (Wildman–Crippen MR) is 107 cm³/mol. The average Bonchev–Trinajstić information content (AvgIpc) is 2.54. The van der Waals surface area contributed by atoms with Gasteiger partial charge < -0.3 is 16.0 Å². The summed E-state index contributed by atoms with van der Waals surface area (Å²) in [6.45, 7) is 3.54. The number of benzene rings is 1. The second-order valence-corrected chi connectivity index (χ2v) is 5.27. The van der Waals surface area contributed by atoms with E-state index in [1.165, 1.54) is 5.56 Å². The molecule has 2 rings (SSSR count). The van der Waals surface area contributed by atoms with Crippen molar-refractivity contribution in [3.63, 3.8) is 0 Å². The Morgan fingerprint density at radius 1 is 1.39 bits per heavy atom. The molecule has 1 aromatic carbocycles. The lowest BCUT2D eigenvalue weighted by molar-refractivity contribution is -0.116. The van der Waals surface area contributed by atoms with Crippen LogP contribution in [0.2, 0.25) is 0 Å². The van der Waals surface area contributed by atoms with E-state index < -0.39 is 0 Å². The van der Waals surface area contributed by atoms with Gasteiger partial charge in [0.1, 0.15) is 0 Å². The van der Waals surface area contributed by atoms with Crippen molar-refractivity contribution in [2.24, 2.45) is 4.99 Å². The molecule has 1 aliphatic heterocycles. The Kier molecular flexibility index (Phi) is 8.68. The molecule has 0 saturated carbocycles. The fourth-order valence-corrected chi connectivity index (χ4v) is 2.57. The quantitative estimate of drug-likeness (QED) is 0.222. The van der Waals surface area contributed by atoms with Gasteiger partial charge in [-0.05, 0) is 25.0 Å². The summed E-state index contributed by atoms with van der Waals surface area (Å²) in [5, 5.41) is 9.50. The van der Waals surface area contributed by atoms with Crippen LogP contribution in [0.25, 0.3) is 0 Å². The number of halogens is 1. The lowest BCUT2D eigenvalue weighted by atomic mass is 9.90. The number of fused-ring (bicyclic) bond motifs is 1. The van der Waals surface area contributed by atoms with Crippen molar-refractivity contribution in [2.75, 3.05) is 25.5 Å². The number of aliphatic imine (C=N–C) groups is 1. The molecule has 0 bridgehead atoms. The van der Waals surface area contributed by atoms with E-state index in [2.05, 4.69) is 33.1 Å². The van der Waals surface area contributed by atoms with E-state index in [0.29, 0.717) is 13.0 Å². The number of nitrogens with one attached hydrogen (secondary N) is 3. The van der Waals surface area contributed by atoms with Crippen LogP contribution in [0, 0.1) is 0 Å². The van der Waals surface area contributed by atoms with Gasteiger partial charge in [0.15, 0.2) is 5.96 Å². The molecule has 0 fully saturated rings. The van der Waals surface area contributed by atoms with Crippen molar-refractivity contribution in [1.82, 2.24) is 10.6 Å². The molecule has 0 saturated heterocycles. The highest BCUT2D eigenvalue weighted by atomic mass is 127. The molecule has 0 radical (unpaired) electrons. The number of allylic oxidation sites excluding steroid dienone is 1. The van der Waals surface area contributed by atoms with Gasteiger partial charge >= 0.3 is 0 Å². The van der Waals surface area contributed by atoms with Gasteiger partial charge in [-0.15, -0.1) is 24.0 Å². The van der Waals surface area contributed by atoms with Crippen molar-refractivity contribution >= 4 is 41.5 Å². The largest absolute Gasteiger partial charge is 0.356 e. The zero-order valence-electron chi connectivity index (χ0n) is 13.6. The van der Waals surface area contributed by atoms with E-state index in [9.17, 15) is 4.79 Å². The van der Waals surface area contributed by atoms with Crippen LogP contribution in [0.3, 0.4) is 0 Å². The van der Waals surface area contributed by atoms with E-state index >= 15 is 0 Å². The summed E-state index contributed by atoms with van der Waals surface area (Å²) in [4.78, 5) is 16.0. The van der Waals surface area contributed by atoms with Crippen molar-refractivity contribution in [3.8, 4) is 0 Å². The average molecular weight is 428 g/mol. The van der Waals surface area contributed by atoms with Gasteiger partial charge in [-0.3, -0.25) is 9.79 Å². The maximum atomic E-state index is 11.8.